The third kappa shape index (κ3) is 7.08. The van der Waals surface area contributed by atoms with Gasteiger partial charge in [-0.05, 0) is 116 Å². The number of benzene rings is 2. The van der Waals surface area contributed by atoms with Gasteiger partial charge in [0, 0.05) is 33.2 Å². The molecule has 2 aliphatic rings. The molecule has 4 heteroatoms. The average Bonchev–Trinajstić information content (AvgIpc) is 3.86. The molecule has 0 fully saturated rings. The highest BCUT2D eigenvalue weighted by Gasteiger charge is 2.25. The molecule has 52 heavy (non-hydrogen) atoms. The van der Waals surface area contributed by atoms with Crippen LogP contribution in [0.25, 0.3) is 68.6 Å². The molecular formula is C48H54N4. The number of hydrogen-bond acceptors (Lipinski definition) is 2. The molecule has 0 spiro atoms. The highest BCUT2D eigenvalue weighted by molar-refractivity contribution is 5.96. The molecule has 0 atom stereocenters. The number of rotatable bonds is 2. The van der Waals surface area contributed by atoms with E-state index in [2.05, 4.69) is 190 Å². The highest BCUT2D eigenvalue weighted by atomic mass is 14.8. The zero-order chi connectivity index (χ0) is 37.4. The molecule has 0 saturated carbocycles. The predicted octanol–water partition coefficient (Wildman–Crippen LogP) is 13.2. The van der Waals surface area contributed by atoms with E-state index in [4.69, 9.17) is 9.97 Å². The summed E-state index contributed by atoms with van der Waals surface area (Å²) in [6.45, 7) is 27.6. The topological polar surface area (TPSA) is 57.4 Å². The SMILES string of the molecule is CC(C)(C)c1cc(-c2c3nc(c(-c4cc(C(C)(C)C)cc(C(C)(C)C)c4)c4ccc(cc5nc(cc6ccc2[nH]6)C=C5)[nH]4)C=C3)cc(C(C)(C)C)c1. The van der Waals surface area contributed by atoms with E-state index in [1.54, 1.807) is 0 Å². The van der Waals surface area contributed by atoms with Crippen molar-refractivity contribution in [1.29, 1.82) is 0 Å². The Morgan fingerprint density at radius 1 is 0.385 bits per heavy atom. The summed E-state index contributed by atoms with van der Waals surface area (Å²) in [6.07, 6.45) is 8.56. The van der Waals surface area contributed by atoms with Crippen molar-refractivity contribution in [2.24, 2.45) is 0 Å². The van der Waals surface area contributed by atoms with Gasteiger partial charge in [-0.3, -0.25) is 0 Å². The summed E-state index contributed by atoms with van der Waals surface area (Å²) >= 11 is 0. The van der Waals surface area contributed by atoms with Crippen LogP contribution >= 0.6 is 0 Å². The van der Waals surface area contributed by atoms with Crippen LogP contribution in [-0.2, 0) is 21.7 Å². The van der Waals surface area contributed by atoms with Crippen molar-refractivity contribution in [2.75, 3.05) is 0 Å². The quantitative estimate of drug-likeness (QED) is 0.190. The molecule has 2 aliphatic heterocycles. The molecule has 0 unspecified atom stereocenters. The second-order valence-corrected chi connectivity index (χ2v) is 18.8. The zero-order valence-electron chi connectivity index (χ0n) is 33.1. The second-order valence-electron chi connectivity index (χ2n) is 18.8. The fourth-order valence-electron chi connectivity index (χ4n) is 6.96. The number of aromatic nitrogens is 4. The van der Waals surface area contributed by atoms with Gasteiger partial charge < -0.3 is 9.97 Å². The fraction of sp³-hybridized carbons (Fsp3) is 0.333. The number of fused-ring (bicyclic) bond motifs is 8. The van der Waals surface area contributed by atoms with Gasteiger partial charge in [0.25, 0.3) is 0 Å². The number of nitrogens with one attached hydrogen (secondary N) is 2. The van der Waals surface area contributed by atoms with Crippen LogP contribution in [0.2, 0.25) is 0 Å². The van der Waals surface area contributed by atoms with E-state index in [9.17, 15) is 0 Å². The summed E-state index contributed by atoms with van der Waals surface area (Å²) in [4.78, 5) is 18.0. The van der Waals surface area contributed by atoms with Gasteiger partial charge in [-0.2, -0.15) is 0 Å². The minimum atomic E-state index is -0.0263. The maximum absolute atomic E-state index is 5.55. The predicted molar refractivity (Wildman–Crippen MR) is 225 cm³/mol. The molecule has 5 aromatic rings. The Morgan fingerprint density at radius 3 is 1.06 bits per heavy atom. The smallest absolute Gasteiger partial charge is 0.0737 e. The van der Waals surface area contributed by atoms with E-state index in [0.717, 1.165) is 67.1 Å². The highest BCUT2D eigenvalue weighted by Crippen LogP contribution is 2.40. The van der Waals surface area contributed by atoms with E-state index in [0.29, 0.717) is 0 Å². The van der Waals surface area contributed by atoms with Crippen molar-refractivity contribution in [3.8, 4) is 22.3 Å². The number of aromatic amines is 2. The van der Waals surface area contributed by atoms with Crippen LogP contribution in [-0.4, -0.2) is 19.9 Å². The number of nitrogens with zero attached hydrogens (tertiary/aromatic N) is 2. The number of hydrogen-bond donors (Lipinski definition) is 2. The van der Waals surface area contributed by atoms with Gasteiger partial charge in [-0.15, -0.1) is 0 Å². The van der Waals surface area contributed by atoms with Crippen LogP contribution < -0.4 is 0 Å². The molecule has 0 aliphatic carbocycles. The van der Waals surface area contributed by atoms with E-state index in [1.807, 2.05) is 0 Å². The van der Waals surface area contributed by atoms with Crippen LogP contribution in [0.3, 0.4) is 0 Å². The van der Waals surface area contributed by atoms with Gasteiger partial charge in [0.15, 0.2) is 0 Å². The Labute approximate surface area is 310 Å². The lowest BCUT2D eigenvalue weighted by Crippen LogP contribution is -2.16. The first-order valence-corrected chi connectivity index (χ1v) is 18.7. The zero-order valence-corrected chi connectivity index (χ0v) is 33.1. The first kappa shape index (κ1) is 35.4. The van der Waals surface area contributed by atoms with E-state index < -0.39 is 0 Å². The first-order chi connectivity index (χ1) is 24.2. The van der Waals surface area contributed by atoms with Crippen LogP contribution in [0.5, 0.6) is 0 Å². The summed E-state index contributed by atoms with van der Waals surface area (Å²) in [6, 6.07) is 27.1. The monoisotopic (exact) mass is 686 g/mol. The fourth-order valence-corrected chi connectivity index (χ4v) is 6.96. The molecule has 0 amide bonds. The summed E-state index contributed by atoms with van der Waals surface area (Å²) in [5, 5.41) is 0. The standard InChI is InChI=1S/C48H54N4/c1-45(2,3)31-21-29(22-32(25-31)46(4,5)6)43-39-17-15-37(50-39)27-35-13-14-36(49-35)28-38-16-18-40(51-38)44(42-20-19-41(43)52-42)30-23-33(47(7,8)9)26-34(24-30)48(10,11)12/h13-28,50-51H,1-12H3. The third-order valence-corrected chi connectivity index (χ3v) is 10.3. The van der Waals surface area contributed by atoms with Gasteiger partial charge in [-0.25, -0.2) is 9.97 Å². The molecule has 0 saturated heterocycles. The maximum Gasteiger partial charge on any atom is 0.0737 e. The molecule has 4 nitrogen and oxygen atoms in total. The molecule has 7 rings (SSSR count). The van der Waals surface area contributed by atoms with Crippen molar-refractivity contribution in [3.05, 3.63) is 118 Å². The molecule has 5 heterocycles. The van der Waals surface area contributed by atoms with E-state index in [1.165, 1.54) is 22.3 Å². The van der Waals surface area contributed by atoms with Crippen molar-refractivity contribution in [2.45, 2.75) is 105 Å². The average molecular weight is 687 g/mol. The van der Waals surface area contributed by atoms with Crippen LogP contribution in [0.4, 0.5) is 0 Å². The second kappa shape index (κ2) is 12.3. The molecule has 0 radical (unpaired) electrons. The van der Waals surface area contributed by atoms with Crippen LogP contribution in [0.15, 0.2) is 72.8 Å². The van der Waals surface area contributed by atoms with E-state index in [-0.39, 0.29) is 21.7 Å². The minimum Gasteiger partial charge on any atom is -0.355 e. The Morgan fingerprint density at radius 2 is 0.731 bits per heavy atom. The number of H-pyrrole nitrogens is 2. The van der Waals surface area contributed by atoms with Gasteiger partial charge in [0.1, 0.15) is 0 Å². The van der Waals surface area contributed by atoms with Gasteiger partial charge >= 0.3 is 0 Å². The Bertz CT molecular complexity index is 2200. The molecule has 3 aromatic heterocycles. The maximum atomic E-state index is 5.55. The summed E-state index contributed by atoms with van der Waals surface area (Å²) < 4.78 is 0. The molecule has 8 bridgehead atoms. The lowest BCUT2D eigenvalue weighted by molar-refractivity contribution is 0.568. The summed E-state index contributed by atoms with van der Waals surface area (Å²) in [5.74, 6) is 0. The van der Waals surface area contributed by atoms with Crippen molar-refractivity contribution in [3.63, 3.8) is 0 Å². The Hall–Kier alpha value is -4.96. The Balaban J connectivity index is 1.65. The summed E-state index contributed by atoms with van der Waals surface area (Å²) in [7, 11) is 0. The third-order valence-electron chi connectivity index (χ3n) is 10.3. The van der Waals surface area contributed by atoms with Gasteiger partial charge in [0.2, 0.25) is 0 Å². The molecular weight excluding hydrogens is 633 g/mol. The lowest BCUT2D eigenvalue weighted by Gasteiger charge is -2.26. The van der Waals surface area contributed by atoms with Crippen molar-refractivity contribution in [1.82, 2.24) is 19.9 Å². The molecule has 2 aromatic carbocycles. The molecule has 2 N–H and O–H groups in total. The Kier molecular flexibility index (Phi) is 8.40. The minimum absolute atomic E-state index is 0.0263. The van der Waals surface area contributed by atoms with Crippen molar-refractivity contribution >= 4 is 46.4 Å². The molecule has 266 valence electrons. The van der Waals surface area contributed by atoms with E-state index >= 15 is 0 Å². The first-order valence-electron chi connectivity index (χ1n) is 18.7. The largest absolute Gasteiger partial charge is 0.355 e. The van der Waals surface area contributed by atoms with Crippen LogP contribution in [0.1, 0.15) is 128 Å². The van der Waals surface area contributed by atoms with Gasteiger partial charge in [-0.1, -0.05) is 119 Å². The van der Waals surface area contributed by atoms with Crippen molar-refractivity contribution < 1.29 is 0 Å². The summed E-state index contributed by atoms with van der Waals surface area (Å²) in [5.41, 5.74) is 17.4. The van der Waals surface area contributed by atoms with Crippen LogP contribution in [0, 0.1) is 0 Å². The normalized spacial score (nSPS) is 13.6. The lowest BCUT2D eigenvalue weighted by atomic mass is 9.78. The van der Waals surface area contributed by atoms with Gasteiger partial charge in [0.05, 0.1) is 22.8 Å².